The molecule has 0 bridgehead atoms. The molecule has 2 rings (SSSR count). The second-order valence-corrected chi connectivity index (χ2v) is 4.03. The minimum atomic E-state index is -1.24. The average molecular weight is 239 g/mol. The standard InChI is InChI=1S/C9H13N5O3/c1-9(17,5-15)4-10-6-2-3-7-11-12-8(16)14(7)13-6/h2-3,15,17H,4-5H2,1H3,(H,10,13)(H,12,16). The number of rotatable bonds is 4. The lowest BCUT2D eigenvalue weighted by Crippen LogP contribution is -2.37. The lowest BCUT2D eigenvalue weighted by molar-refractivity contribution is 0.0131. The fraction of sp³-hybridized carbons (Fsp3) is 0.444. The topological polar surface area (TPSA) is 116 Å². The minimum Gasteiger partial charge on any atom is -0.393 e. The van der Waals surface area contributed by atoms with Crippen LogP contribution in [-0.2, 0) is 0 Å². The van der Waals surface area contributed by atoms with E-state index < -0.39 is 11.3 Å². The number of aliphatic hydroxyl groups is 2. The molecule has 2 aromatic heterocycles. The Morgan fingerprint density at radius 3 is 3.06 bits per heavy atom. The van der Waals surface area contributed by atoms with E-state index in [1.807, 2.05) is 0 Å². The Morgan fingerprint density at radius 1 is 1.59 bits per heavy atom. The smallest absolute Gasteiger partial charge is 0.364 e. The quantitative estimate of drug-likeness (QED) is 0.520. The lowest BCUT2D eigenvalue weighted by Gasteiger charge is -2.20. The Labute approximate surface area is 95.9 Å². The predicted octanol–water partition coefficient (Wildman–Crippen LogP) is -1.43. The molecule has 0 aliphatic rings. The second-order valence-electron chi connectivity index (χ2n) is 4.03. The van der Waals surface area contributed by atoms with Gasteiger partial charge in [0.25, 0.3) is 0 Å². The van der Waals surface area contributed by atoms with Crippen LogP contribution in [0.2, 0.25) is 0 Å². The highest BCUT2D eigenvalue weighted by Gasteiger charge is 2.18. The fourth-order valence-corrected chi connectivity index (χ4v) is 1.23. The molecule has 17 heavy (non-hydrogen) atoms. The summed E-state index contributed by atoms with van der Waals surface area (Å²) < 4.78 is 1.11. The van der Waals surface area contributed by atoms with Crippen molar-refractivity contribution in [2.45, 2.75) is 12.5 Å². The van der Waals surface area contributed by atoms with Crippen molar-refractivity contribution in [3.8, 4) is 0 Å². The molecule has 1 unspecified atom stereocenters. The first-order valence-corrected chi connectivity index (χ1v) is 5.03. The van der Waals surface area contributed by atoms with Crippen molar-refractivity contribution in [1.82, 2.24) is 19.8 Å². The first-order chi connectivity index (χ1) is 8.02. The summed E-state index contributed by atoms with van der Waals surface area (Å²) in [4.78, 5) is 11.3. The molecular formula is C9H13N5O3. The predicted molar refractivity (Wildman–Crippen MR) is 59.8 cm³/mol. The number of nitrogens with zero attached hydrogens (tertiary/aromatic N) is 3. The molecule has 0 radical (unpaired) electrons. The number of aromatic amines is 1. The molecule has 0 aliphatic heterocycles. The molecule has 0 saturated heterocycles. The summed E-state index contributed by atoms with van der Waals surface area (Å²) in [5.41, 5.74) is -1.26. The third-order valence-electron chi connectivity index (χ3n) is 2.26. The third-order valence-corrected chi connectivity index (χ3v) is 2.26. The summed E-state index contributed by atoms with van der Waals surface area (Å²) in [5, 5.41) is 31.3. The fourth-order valence-electron chi connectivity index (χ4n) is 1.23. The Balaban J connectivity index is 2.19. The molecule has 92 valence electrons. The van der Waals surface area contributed by atoms with E-state index in [1.165, 1.54) is 6.92 Å². The van der Waals surface area contributed by atoms with E-state index in [0.29, 0.717) is 11.5 Å². The molecular weight excluding hydrogens is 226 g/mol. The van der Waals surface area contributed by atoms with Gasteiger partial charge in [0.05, 0.1) is 6.61 Å². The van der Waals surface area contributed by atoms with Gasteiger partial charge in [0.15, 0.2) is 5.65 Å². The van der Waals surface area contributed by atoms with Crippen molar-refractivity contribution in [1.29, 1.82) is 0 Å². The highest BCUT2D eigenvalue weighted by atomic mass is 16.3. The largest absolute Gasteiger partial charge is 0.393 e. The Hall–Kier alpha value is -1.93. The van der Waals surface area contributed by atoms with Crippen molar-refractivity contribution in [2.75, 3.05) is 18.5 Å². The highest BCUT2D eigenvalue weighted by Crippen LogP contribution is 2.06. The van der Waals surface area contributed by atoms with Gasteiger partial charge in [-0.3, -0.25) is 0 Å². The maximum atomic E-state index is 11.3. The van der Waals surface area contributed by atoms with Crippen LogP contribution in [-0.4, -0.2) is 48.8 Å². The van der Waals surface area contributed by atoms with Gasteiger partial charge in [0.1, 0.15) is 11.4 Å². The van der Waals surface area contributed by atoms with Crippen LogP contribution in [0.5, 0.6) is 0 Å². The van der Waals surface area contributed by atoms with Crippen LogP contribution in [0.15, 0.2) is 16.9 Å². The van der Waals surface area contributed by atoms with Crippen molar-refractivity contribution in [2.24, 2.45) is 0 Å². The monoisotopic (exact) mass is 239 g/mol. The number of anilines is 1. The zero-order valence-corrected chi connectivity index (χ0v) is 9.21. The SMILES string of the molecule is CC(O)(CO)CNc1ccc2n[nH]c(=O)n2n1. The van der Waals surface area contributed by atoms with E-state index in [1.54, 1.807) is 12.1 Å². The van der Waals surface area contributed by atoms with Crippen LogP contribution in [0.4, 0.5) is 5.82 Å². The molecule has 1 atom stereocenters. The van der Waals surface area contributed by atoms with Gasteiger partial charge in [0, 0.05) is 6.54 Å². The third kappa shape index (κ3) is 2.43. The van der Waals surface area contributed by atoms with Gasteiger partial charge in [-0.2, -0.15) is 9.61 Å². The molecule has 0 fully saturated rings. The number of hydrogen-bond donors (Lipinski definition) is 4. The number of fused-ring (bicyclic) bond motifs is 1. The normalized spacial score (nSPS) is 14.8. The van der Waals surface area contributed by atoms with Gasteiger partial charge in [-0.25, -0.2) is 9.89 Å². The second kappa shape index (κ2) is 4.15. The molecule has 0 aliphatic carbocycles. The van der Waals surface area contributed by atoms with E-state index in [-0.39, 0.29) is 13.2 Å². The first-order valence-electron chi connectivity index (χ1n) is 5.03. The van der Waals surface area contributed by atoms with Crippen molar-refractivity contribution in [3.63, 3.8) is 0 Å². The van der Waals surface area contributed by atoms with Gasteiger partial charge >= 0.3 is 5.69 Å². The van der Waals surface area contributed by atoms with Gasteiger partial charge in [-0.05, 0) is 19.1 Å². The summed E-state index contributed by atoms with van der Waals surface area (Å²) in [5.74, 6) is 0.412. The van der Waals surface area contributed by atoms with E-state index in [2.05, 4.69) is 20.6 Å². The van der Waals surface area contributed by atoms with Crippen molar-refractivity contribution >= 4 is 11.5 Å². The van der Waals surface area contributed by atoms with Gasteiger partial charge in [-0.1, -0.05) is 0 Å². The van der Waals surface area contributed by atoms with E-state index in [4.69, 9.17) is 5.11 Å². The number of H-pyrrole nitrogens is 1. The van der Waals surface area contributed by atoms with E-state index >= 15 is 0 Å². The summed E-state index contributed by atoms with van der Waals surface area (Å²) in [7, 11) is 0. The lowest BCUT2D eigenvalue weighted by atomic mass is 10.1. The summed E-state index contributed by atoms with van der Waals surface area (Å²) in [6.45, 7) is 1.24. The van der Waals surface area contributed by atoms with Crippen molar-refractivity contribution in [3.05, 3.63) is 22.6 Å². The van der Waals surface area contributed by atoms with Gasteiger partial charge in [0.2, 0.25) is 0 Å². The van der Waals surface area contributed by atoms with Crippen LogP contribution in [0.25, 0.3) is 5.65 Å². The maximum absolute atomic E-state index is 11.3. The zero-order chi connectivity index (χ0) is 12.5. The number of hydrogen-bond acceptors (Lipinski definition) is 6. The molecule has 0 amide bonds. The van der Waals surface area contributed by atoms with Crippen LogP contribution in [0.3, 0.4) is 0 Å². The molecule has 2 heterocycles. The van der Waals surface area contributed by atoms with E-state index in [9.17, 15) is 9.90 Å². The molecule has 8 nitrogen and oxygen atoms in total. The van der Waals surface area contributed by atoms with Gasteiger partial charge < -0.3 is 15.5 Å². The number of aromatic nitrogens is 4. The Kier molecular flexibility index (Phi) is 2.82. The van der Waals surface area contributed by atoms with Crippen LogP contribution < -0.4 is 11.0 Å². The number of aliphatic hydroxyl groups excluding tert-OH is 1. The molecule has 8 heteroatoms. The maximum Gasteiger partial charge on any atom is 0.364 e. The molecule has 2 aromatic rings. The van der Waals surface area contributed by atoms with Crippen molar-refractivity contribution < 1.29 is 10.2 Å². The molecule has 0 aromatic carbocycles. The molecule has 4 N–H and O–H groups in total. The minimum absolute atomic E-state index is 0.120. The van der Waals surface area contributed by atoms with E-state index in [0.717, 1.165) is 4.52 Å². The van der Waals surface area contributed by atoms with Gasteiger partial charge in [-0.15, -0.1) is 5.10 Å². The van der Waals surface area contributed by atoms with Crippen LogP contribution in [0, 0.1) is 0 Å². The number of nitrogens with one attached hydrogen (secondary N) is 2. The summed E-state index contributed by atoms with van der Waals surface area (Å²) >= 11 is 0. The highest BCUT2D eigenvalue weighted by molar-refractivity contribution is 5.43. The van der Waals surface area contributed by atoms with Crippen LogP contribution in [0.1, 0.15) is 6.92 Å². The van der Waals surface area contributed by atoms with Crippen LogP contribution >= 0.6 is 0 Å². The molecule has 0 spiro atoms. The zero-order valence-electron chi connectivity index (χ0n) is 9.21. The Bertz CT molecular complexity index is 573. The Morgan fingerprint density at radius 2 is 2.35 bits per heavy atom. The average Bonchev–Trinajstić information content (AvgIpc) is 2.69. The first kappa shape index (κ1) is 11.6. The molecule has 0 saturated carbocycles. The summed E-state index contributed by atoms with van der Waals surface area (Å²) in [6, 6.07) is 3.24. The summed E-state index contributed by atoms with van der Waals surface area (Å²) in [6.07, 6.45) is 0.